The Labute approximate surface area is 133 Å². The van der Waals surface area contributed by atoms with Crippen molar-refractivity contribution in [2.45, 2.75) is 6.92 Å². The molecule has 1 heterocycles. The van der Waals surface area contributed by atoms with E-state index < -0.39 is 0 Å². The second-order valence-corrected chi connectivity index (χ2v) is 5.59. The van der Waals surface area contributed by atoms with E-state index in [9.17, 15) is 4.79 Å². The van der Waals surface area contributed by atoms with Gasteiger partial charge in [0, 0.05) is 15.5 Å². The van der Waals surface area contributed by atoms with Gasteiger partial charge in [0.2, 0.25) is 0 Å². The Kier molecular flexibility index (Phi) is 5.08. The molecule has 2 aromatic rings. The summed E-state index contributed by atoms with van der Waals surface area (Å²) in [4.78, 5) is 12.1. The van der Waals surface area contributed by atoms with Crippen molar-refractivity contribution in [3.05, 3.63) is 45.0 Å². The molecular formula is C13H12Br2N4O. The summed E-state index contributed by atoms with van der Waals surface area (Å²) in [5, 5.41) is 13.6. The van der Waals surface area contributed by atoms with Crippen LogP contribution < -0.4 is 10.6 Å². The molecule has 1 amide bonds. The van der Waals surface area contributed by atoms with E-state index in [1.807, 2.05) is 25.1 Å². The van der Waals surface area contributed by atoms with E-state index in [0.717, 1.165) is 15.5 Å². The van der Waals surface area contributed by atoms with E-state index in [1.54, 1.807) is 12.1 Å². The number of hydrogen-bond donors (Lipinski definition) is 2. The first-order valence-electron chi connectivity index (χ1n) is 5.94. The maximum atomic E-state index is 12.1. The van der Waals surface area contributed by atoms with Crippen LogP contribution in [0.5, 0.6) is 0 Å². The monoisotopic (exact) mass is 398 g/mol. The number of benzene rings is 1. The van der Waals surface area contributed by atoms with Crippen molar-refractivity contribution in [3.63, 3.8) is 0 Å². The van der Waals surface area contributed by atoms with Crippen LogP contribution in [0, 0.1) is 0 Å². The van der Waals surface area contributed by atoms with Gasteiger partial charge in [0.25, 0.3) is 5.91 Å². The van der Waals surface area contributed by atoms with Crippen molar-refractivity contribution in [1.82, 2.24) is 10.2 Å². The fourth-order valence-electron chi connectivity index (χ4n) is 1.52. The average Bonchev–Trinajstić information content (AvgIpc) is 2.44. The standard InChI is InChI=1S/C13H12Br2N4O/c1-2-16-11-7-6-10(18-19-11)13(20)17-12-8(14)4-3-5-9(12)15/h3-7H,2H2,1H3,(H,16,19)(H,17,20). The zero-order valence-electron chi connectivity index (χ0n) is 10.7. The second kappa shape index (κ2) is 6.81. The zero-order chi connectivity index (χ0) is 14.5. The minimum absolute atomic E-state index is 0.259. The number of para-hydroxylation sites is 1. The Morgan fingerprint density at radius 1 is 1.15 bits per heavy atom. The second-order valence-electron chi connectivity index (χ2n) is 3.88. The molecule has 5 nitrogen and oxygen atoms in total. The van der Waals surface area contributed by atoms with Crippen molar-refractivity contribution in [1.29, 1.82) is 0 Å². The lowest BCUT2D eigenvalue weighted by atomic mass is 10.3. The summed E-state index contributed by atoms with van der Waals surface area (Å²) in [7, 11) is 0. The fraction of sp³-hybridized carbons (Fsp3) is 0.154. The molecule has 7 heteroatoms. The maximum absolute atomic E-state index is 12.1. The quantitative estimate of drug-likeness (QED) is 0.822. The number of nitrogens with zero attached hydrogens (tertiary/aromatic N) is 2. The molecule has 0 atom stereocenters. The van der Waals surface area contributed by atoms with Crippen molar-refractivity contribution in [3.8, 4) is 0 Å². The highest BCUT2D eigenvalue weighted by molar-refractivity contribution is 9.11. The smallest absolute Gasteiger partial charge is 0.276 e. The zero-order valence-corrected chi connectivity index (χ0v) is 13.8. The Morgan fingerprint density at radius 3 is 2.40 bits per heavy atom. The van der Waals surface area contributed by atoms with Crippen LogP contribution in [0.1, 0.15) is 17.4 Å². The van der Waals surface area contributed by atoms with Crippen LogP contribution in [-0.2, 0) is 0 Å². The van der Waals surface area contributed by atoms with Gasteiger partial charge in [0.1, 0.15) is 5.82 Å². The number of amides is 1. The van der Waals surface area contributed by atoms with Gasteiger partial charge in [0.05, 0.1) is 5.69 Å². The van der Waals surface area contributed by atoms with Crippen molar-refractivity contribution >= 4 is 49.3 Å². The van der Waals surface area contributed by atoms with Crippen molar-refractivity contribution in [2.24, 2.45) is 0 Å². The molecule has 0 aliphatic rings. The lowest BCUT2D eigenvalue weighted by molar-refractivity contribution is 0.102. The average molecular weight is 400 g/mol. The Morgan fingerprint density at radius 2 is 1.85 bits per heavy atom. The van der Waals surface area contributed by atoms with Gasteiger partial charge in [-0.2, -0.15) is 0 Å². The lowest BCUT2D eigenvalue weighted by Gasteiger charge is -2.09. The van der Waals surface area contributed by atoms with E-state index in [2.05, 4.69) is 52.7 Å². The van der Waals surface area contributed by atoms with Crippen LogP contribution in [0.3, 0.4) is 0 Å². The van der Waals surface area contributed by atoms with Gasteiger partial charge in [0.15, 0.2) is 5.69 Å². The van der Waals surface area contributed by atoms with E-state index in [0.29, 0.717) is 11.5 Å². The molecule has 0 bridgehead atoms. The minimum Gasteiger partial charge on any atom is -0.369 e. The highest BCUT2D eigenvalue weighted by Gasteiger charge is 2.12. The third kappa shape index (κ3) is 3.55. The first-order valence-corrected chi connectivity index (χ1v) is 7.53. The first-order chi connectivity index (χ1) is 9.61. The number of anilines is 2. The summed E-state index contributed by atoms with van der Waals surface area (Å²) < 4.78 is 1.58. The number of nitrogens with one attached hydrogen (secondary N) is 2. The molecule has 0 fully saturated rings. The van der Waals surface area contributed by atoms with Crippen molar-refractivity contribution < 1.29 is 4.79 Å². The van der Waals surface area contributed by atoms with E-state index in [-0.39, 0.29) is 11.6 Å². The van der Waals surface area contributed by atoms with Gasteiger partial charge < -0.3 is 10.6 Å². The molecule has 0 unspecified atom stereocenters. The first kappa shape index (κ1) is 14.9. The summed E-state index contributed by atoms with van der Waals surface area (Å²) in [5.74, 6) is 0.333. The molecule has 2 N–H and O–H groups in total. The lowest BCUT2D eigenvalue weighted by Crippen LogP contribution is -2.15. The molecule has 0 saturated heterocycles. The third-order valence-electron chi connectivity index (χ3n) is 2.46. The predicted molar refractivity (Wildman–Crippen MR) is 86.0 cm³/mol. The van der Waals surface area contributed by atoms with E-state index in [1.165, 1.54) is 0 Å². The summed E-state index contributed by atoms with van der Waals surface area (Å²) in [5.41, 5.74) is 0.921. The van der Waals surface area contributed by atoms with Gasteiger partial charge in [-0.15, -0.1) is 10.2 Å². The Bertz CT molecular complexity index is 596. The summed E-state index contributed by atoms with van der Waals surface area (Å²) in [6.07, 6.45) is 0. The van der Waals surface area contributed by atoms with E-state index in [4.69, 9.17) is 0 Å². The predicted octanol–water partition coefficient (Wildman–Crippen LogP) is 3.69. The highest BCUT2D eigenvalue weighted by atomic mass is 79.9. The number of carbonyl (C=O) groups excluding carboxylic acids is 1. The maximum Gasteiger partial charge on any atom is 0.276 e. The molecule has 0 aliphatic carbocycles. The minimum atomic E-state index is -0.312. The third-order valence-corrected chi connectivity index (χ3v) is 3.78. The fourth-order valence-corrected chi connectivity index (χ4v) is 2.72. The number of aromatic nitrogens is 2. The number of carbonyl (C=O) groups is 1. The number of halogens is 2. The van der Waals surface area contributed by atoms with Crippen LogP contribution in [0.4, 0.5) is 11.5 Å². The van der Waals surface area contributed by atoms with Gasteiger partial charge in [-0.05, 0) is 63.0 Å². The van der Waals surface area contributed by atoms with Gasteiger partial charge in [-0.25, -0.2) is 0 Å². The topological polar surface area (TPSA) is 66.9 Å². The molecule has 0 saturated carbocycles. The Hall–Kier alpha value is -1.47. The molecule has 0 aliphatic heterocycles. The van der Waals surface area contributed by atoms with Gasteiger partial charge in [-0.3, -0.25) is 4.79 Å². The molecule has 20 heavy (non-hydrogen) atoms. The van der Waals surface area contributed by atoms with E-state index >= 15 is 0 Å². The number of hydrogen-bond acceptors (Lipinski definition) is 4. The summed E-state index contributed by atoms with van der Waals surface area (Å²) >= 11 is 6.78. The Balaban J connectivity index is 2.16. The highest BCUT2D eigenvalue weighted by Crippen LogP contribution is 2.30. The van der Waals surface area contributed by atoms with Gasteiger partial charge in [-0.1, -0.05) is 6.07 Å². The summed E-state index contributed by atoms with van der Waals surface area (Å²) in [6, 6.07) is 8.92. The molecule has 1 aromatic carbocycles. The summed E-state index contributed by atoms with van der Waals surface area (Å²) in [6.45, 7) is 2.72. The molecule has 2 rings (SSSR count). The molecule has 0 spiro atoms. The van der Waals surface area contributed by atoms with Crippen LogP contribution in [0.2, 0.25) is 0 Å². The number of rotatable bonds is 4. The molecule has 0 radical (unpaired) electrons. The largest absolute Gasteiger partial charge is 0.369 e. The van der Waals surface area contributed by atoms with Crippen LogP contribution in [-0.4, -0.2) is 22.6 Å². The van der Waals surface area contributed by atoms with Crippen LogP contribution in [0.15, 0.2) is 39.3 Å². The van der Waals surface area contributed by atoms with Crippen LogP contribution in [0.25, 0.3) is 0 Å². The van der Waals surface area contributed by atoms with Crippen LogP contribution >= 0.6 is 31.9 Å². The normalized spacial score (nSPS) is 10.2. The van der Waals surface area contributed by atoms with Crippen molar-refractivity contribution in [2.75, 3.05) is 17.2 Å². The SMILES string of the molecule is CCNc1ccc(C(=O)Nc2c(Br)cccc2Br)nn1. The molecular weight excluding hydrogens is 388 g/mol. The molecule has 104 valence electrons. The molecule has 1 aromatic heterocycles. The van der Waals surface area contributed by atoms with Gasteiger partial charge >= 0.3 is 0 Å².